The molecule has 2 nitrogen and oxygen atoms in total. The highest BCUT2D eigenvalue weighted by atomic mass is 16.5. The maximum absolute atomic E-state index is 12.3. The zero-order valence-corrected chi connectivity index (χ0v) is 14.3. The third-order valence-electron chi connectivity index (χ3n) is 4.91. The van der Waals surface area contributed by atoms with E-state index in [9.17, 15) is 4.79 Å². The molecule has 122 valence electrons. The fourth-order valence-electron chi connectivity index (χ4n) is 3.30. The zero-order valence-electron chi connectivity index (χ0n) is 14.3. The Morgan fingerprint density at radius 1 is 1.14 bits per heavy atom. The minimum Gasteiger partial charge on any atom is -0.426 e. The molecule has 1 aromatic carbocycles. The van der Waals surface area contributed by atoms with Gasteiger partial charge in [0.15, 0.2) is 0 Å². The lowest BCUT2D eigenvalue weighted by Crippen LogP contribution is -2.25. The van der Waals surface area contributed by atoms with Crippen LogP contribution in [0, 0.1) is 11.8 Å². The SMILES string of the molecule is CCCCC1CCC(C(=O)Oc2ccc(C(C)C)cc2)CC1. The molecule has 0 atom stereocenters. The molecule has 0 unspecified atom stereocenters. The second-order valence-corrected chi connectivity index (χ2v) is 7.00. The van der Waals surface area contributed by atoms with E-state index >= 15 is 0 Å². The van der Waals surface area contributed by atoms with Crippen molar-refractivity contribution in [2.75, 3.05) is 0 Å². The summed E-state index contributed by atoms with van der Waals surface area (Å²) < 4.78 is 5.57. The summed E-state index contributed by atoms with van der Waals surface area (Å²) in [5, 5.41) is 0. The monoisotopic (exact) mass is 302 g/mol. The normalized spacial score (nSPS) is 21.8. The van der Waals surface area contributed by atoms with Gasteiger partial charge in [0.2, 0.25) is 0 Å². The van der Waals surface area contributed by atoms with Crippen molar-refractivity contribution in [2.24, 2.45) is 11.8 Å². The Morgan fingerprint density at radius 2 is 1.77 bits per heavy atom. The smallest absolute Gasteiger partial charge is 0.314 e. The van der Waals surface area contributed by atoms with Crippen molar-refractivity contribution in [3.05, 3.63) is 29.8 Å². The predicted molar refractivity (Wildman–Crippen MR) is 91.1 cm³/mol. The van der Waals surface area contributed by atoms with Gasteiger partial charge in [-0.2, -0.15) is 0 Å². The minimum absolute atomic E-state index is 0.0359. The first kappa shape index (κ1) is 17.1. The largest absolute Gasteiger partial charge is 0.426 e. The third kappa shape index (κ3) is 4.86. The number of hydrogen-bond acceptors (Lipinski definition) is 2. The van der Waals surface area contributed by atoms with Gasteiger partial charge in [-0.1, -0.05) is 52.2 Å². The van der Waals surface area contributed by atoms with Gasteiger partial charge >= 0.3 is 5.97 Å². The summed E-state index contributed by atoms with van der Waals surface area (Å²) in [6.45, 7) is 6.57. The lowest BCUT2D eigenvalue weighted by atomic mass is 9.80. The fourth-order valence-corrected chi connectivity index (χ4v) is 3.30. The first-order valence-electron chi connectivity index (χ1n) is 8.91. The number of esters is 1. The molecule has 2 rings (SSSR count). The molecule has 0 spiro atoms. The van der Waals surface area contributed by atoms with E-state index in [-0.39, 0.29) is 11.9 Å². The van der Waals surface area contributed by atoms with Gasteiger partial charge < -0.3 is 4.74 Å². The van der Waals surface area contributed by atoms with Gasteiger partial charge in [-0.25, -0.2) is 0 Å². The molecule has 22 heavy (non-hydrogen) atoms. The standard InChI is InChI=1S/C20H30O2/c1-4-5-6-16-7-9-18(10-8-16)20(21)22-19-13-11-17(12-14-19)15(2)3/h11-16,18H,4-10H2,1-3H3. The first-order valence-corrected chi connectivity index (χ1v) is 8.91. The molecule has 0 amide bonds. The third-order valence-corrected chi connectivity index (χ3v) is 4.91. The summed E-state index contributed by atoms with van der Waals surface area (Å²) in [6.07, 6.45) is 8.29. The minimum atomic E-state index is -0.0359. The molecule has 0 heterocycles. The van der Waals surface area contributed by atoms with Crippen molar-refractivity contribution < 1.29 is 9.53 Å². The molecule has 0 radical (unpaired) electrons. The molecule has 1 aromatic rings. The topological polar surface area (TPSA) is 26.3 Å². The van der Waals surface area contributed by atoms with Crippen molar-refractivity contribution in [3.8, 4) is 5.75 Å². The highest BCUT2D eigenvalue weighted by Crippen LogP contribution is 2.33. The number of carbonyl (C=O) groups excluding carboxylic acids is 1. The molecule has 0 aromatic heterocycles. The van der Waals surface area contributed by atoms with E-state index < -0.39 is 0 Å². The highest BCUT2D eigenvalue weighted by molar-refractivity contribution is 5.75. The van der Waals surface area contributed by atoms with Crippen LogP contribution in [0.5, 0.6) is 5.75 Å². The van der Waals surface area contributed by atoms with Crippen molar-refractivity contribution >= 4 is 5.97 Å². The van der Waals surface area contributed by atoms with E-state index in [0.717, 1.165) is 18.8 Å². The summed E-state index contributed by atoms with van der Waals surface area (Å²) in [4.78, 5) is 12.3. The van der Waals surface area contributed by atoms with E-state index in [1.807, 2.05) is 12.1 Å². The average molecular weight is 302 g/mol. The van der Waals surface area contributed by atoms with Gasteiger partial charge in [0.25, 0.3) is 0 Å². The van der Waals surface area contributed by atoms with Gasteiger partial charge in [0.05, 0.1) is 5.92 Å². The van der Waals surface area contributed by atoms with Gasteiger partial charge in [-0.15, -0.1) is 0 Å². The van der Waals surface area contributed by atoms with Crippen LogP contribution in [0.25, 0.3) is 0 Å². The molecule has 2 heteroatoms. The summed E-state index contributed by atoms with van der Waals surface area (Å²) >= 11 is 0. The summed E-state index contributed by atoms with van der Waals surface area (Å²) in [5.41, 5.74) is 1.27. The van der Waals surface area contributed by atoms with E-state index in [2.05, 4.69) is 32.9 Å². The number of ether oxygens (including phenoxy) is 1. The lowest BCUT2D eigenvalue weighted by Gasteiger charge is -2.27. The van der Waals surface area contributed by atoms with Crippen LogP contribution in [-0.2, 0) is 4.79 Å². The Balaban J connectivity index is 1.80. The number of unbranched alkanes of at least 4 members (excludes halogenated alkanes) is 1. The Kier molecular flexibility index (Phi) is 6.48. The Bertz CT molecular complexity index is 453. The second-order valence-electron chi connectivity index (χ2n) is 7.00. The van der Waals surface area contributed by atoms with Crippen LogP contribution >= 0.6 is 0 Å². The van der Waals surface area contributed by atoms with Gasteiger partial charge in [-0.05, 0) is 55.2 Å². The summed E-state index contributed by atoms with van der Waals surface area (Å²) in [5.74, 6) is 2.08. The van der Waals surface area contributed by atoms with E-state index in [4.69, 9.17) is 4.74 Å². The Morgan fingerprint density at radius 3 is 2.32 bits per heavy atom. The van der Waals surface area contributed by atoms with Crippen molar-refractivity contribution in [2.45, 2.75) is 71.6 Å². The summed E-state index contributed by atoms with van der Waals surface area (Å²) in [6, 6.07) is 7.93. The van der Waals surface area contributed by atoms with Crippen LogP contribution in [0.15, 0.2) is 24.3 Å². The van der Waals surface area contributed by atoms with Crippen molar-refractivity contribution in [1.82, 2.24) is 0 Å². The molecule has 1 saturated carbocycles. The maximum Gasteiger partial charge on any atom is 0.314 e. The lowest BCUT2D eigenvalue weighted by molar-refractivity contribution is -0.140. The number of carbonyl (C=O) groups is 1. The summed E-state index contributed by atoms with van der Waals surface area (Å²) in [7, 11) is 0. The Labute approximate surface area is 135 Å². The fraction of sp³-hybridized carbons (Fsp3) is 0.650. The van der Waals surface area contributed by atoms with Gasteiger partial charge in [-0.3, -0.25) is 4.79 Å². The van der Waals surface area contributed by atoms with Crippen molar-refractivity contribution in [3.63, 3.8) is 0 Å². The Hall–Kier alpha value is -1.31. The molecule has 0 N–H and O–H groups in total. The highest BCUT2D eigenvalue weighted by Gasteiger charge is 2.27. The van der Waals surface area contributed by atoms with Crippen LogP contribution in [0.3, 0.4) is 0 Å². The van der Waals surface area contributed by atoms with Crippen molar-refractivity contribution in [1.29, 1.82) is 0 Å². The van der Waals surface area contributed by atoms with Crippen LogP contribution in [-0.4, -0.2) is 5.97 Å². The molecular formula is C20H30O2. The number of hydrogen-bond donors (Lipinski definition) is 0. The van der Waals surface area contributed by atoms with Gasteiger partial charge in [0.1, 0.15) is 5.75 Å². The van der Waals surface area contributed by atoms with E-state index in [1.54, 1.807) is 0 Å². The van der Waals surface area contributed by atoms with E-state index in [1.165, 1.54) is 37.7 Å². The number of benzene rings is 1. The zero-order chi connectivity index (χ0) is 15.9. The quantitative estimate of drug-likeness (QED) is 0.497. The van der Waals surface area contributed by atoms with Crippen LogP contribution < -0.4 is 4.74 Å². The van der Waals surface area contributed by atoms with Gasteiger partial charge in [0, 0.05) is 0 Å². The molecule has 1 aliphatic carbocycles. The van der Waals surface area contributed by atoms with E-state index in [0.29, 0.717) is 11.7 Å². The molecule has 0 aliphatic heterocycles. The maximum atomic E-state index is 12.3. The van der Waals surface area contributed by atoms with Crippen LogP contribution in [0.2, 0.25) is 0 Å². The molecule has 1 aliphatic rings. The molecule has 1 fully saturated rings. The number of rotatable bonds is 6. The molecule has 0 saturated heterocycles. The average Bonchev–Trinajstić information content (AvgIpc) is 2.54. The first-order chi connectivity index (χ1) is 10.6. The van der Waals surface area contributed by atoms with Crippen LogP contribution in [0.1, 0.15) is 77.2 Å². The van der Waals surface area contributed by atoms with Crippen LogP contribution in [0.4, 0.5) is 0 Å². The predicted octanol–water partition coefficient (Wildman–Crippen LogP) is 5.71. The molecular weight excluding hydrogens is 272 g/mol. The second kappa shape index (κ2) is 8.36. The molecule has 0 bridgehead atoms.